The molecule has 1 aromatic carbocycles. The van der Waals surface area contributed by atoms with Crippen LogP contribution in [-0.2, 0) is 6.42 Å². The van der Waals surface area contributed by atoms with E-state index in [1.807, 2.05) is 6.92 Å². The molecule has 5 nitrogen and oxygen atoms in total. The van der Waals surface area contributed by atoms with Crippen molar-refractivity contribution in [1.29, 1.82) is 0 Å². The van der Waals surface area contributed by atoms with Gasteiger partial charge in [0.25, 0.3) is 0 Å². The maximum atomic E-state index is 11.2. The summed E-state index contributed by atoms with van der Waals surface area (Å²) in [5, 5.41) is 9.19. The number of carbonyl (C=O) groups is 1. The fourth-order valence-corrected chi connectivity index (χ4v) is 1.84. The van der Waals surface area contributed by atoms with E-state index in [1.54, 1.807) is 24.3 Å². The Morgan fingerprint density at radius 3 is 2.80 bits per heavy atom. The molecule has 0 aliphatic heterocycles. The molecule has 0 unspecified atom stereocenters. The lowest BCUT2D eigenvalue weighted by Gasteiger charge is -2.09. The molecule has 0 fully saturated rings. The Hall–Kier alpha value is -2.43. The third kappa shape index (κ3) is 3.32. The van der Waals surface area contributed by atoms with Crippen molar-refractivity contribution in [2.24, 2.45) is 0 Å². The fourth-order valence-electron chi connectivity index (χ4n) is 1.84. The summed E-state index contributed by atoms with van der Waals surface area (Å²) in [6.07, 6.45) is 3.23. The van der Waals surface area contributed by atoms with E-state index in [2.05, 4.69) is 16.9 Å². The number of hydrogen-bond donors (Lipinski definition) is 1. The summed E-state index contributed by atoms with van der Waals surface area (Å²) in [4.78, 5) is 19.4. The van der Waals surface area contributed by atoms with Gasteiger partial charge in [0.05, 0.1) is 0 Å². The monoisotopic (exact) mass is 272 g/mol. The zero-order valence-electron chi connectivity index (χ0n) is 11.5. The predicted molar refractivity (Wildman–Crippen MR) is 74.2 cm³/mol. The molecule has 0 bridgehead atoms. The van der Waals surface area contributed by atoms with Crippen molar-refractivity contribution in [2.45, 2.75) is 26.7 Å². The lowest BCUT2D eigenvalue weighted by atomic mass is 10.1. The average Bonchev–Trinajstić information content (AvgIpc) is 2.41. The van der Waals surface area contributed by atoms with Gasteiger partial charge in [-0.05, 0) is 25.5 Å². The molecule has 1 N–H and O–H groups in total. The highest BCUT2D eigenvalue weighted by Gasteiger charge is 2.13. The van der Waals surface area contributed by atoms with Crippen molar-refractivity contribution in [3.8, 4) is 11.6 Å². The van der Waals surface area contributed by atoms with Crippen molar-refractivity contribution < 1.29 is 14.6 Å². The molecular weight excluding hydrogens is 256 g/mol. The highest BCUT2D eigenvalue weighted by Crippen LogP contribution is 2.25. The molecule has 0 spiro atoms. The van der Waals surface area contributed by atoms with Crippen molar-refractivity contribution in [3.63, 3.8) is 0 Å². The van der Waals surface area contributed by atoms with Gasteiger partial charge in [0.2, 0.25) is 5.88 Å². The van der Waals surface area contributed by atoms with Crippen LogP contribution < -0.4 is 4.74 Å². The van der Waals surface area contributed by atoms with E-state index in [1.165, 1.54) is 6.33 Å². The summed E-state index contributed by atoms with van der Waals surface area (Å²) in [6, 6.07) is 6.75. The smallest absolute Gasteiger partial charge is 0.339 e. The Morgan fingerprint density at radius 2 is 2.10 bits per heavy atom. The molecule has 20 heavy (non-hydrogen) atoms. The van der Waals surface area contributed by atoms with E-state index in [-0.39, 0.29) is 11.3 Å². The molecule has 0 radical (unpaired) electrons. The van der Waals surface area contributed by atoms with Gasteiger partial charge in [0, 0.05) is 11.8 Å². The van der Waals surface area contributed by atoms with Crippen LogP contribution in [0.4, 0.5) is 0 Å². The minimum atomic E-state index is -1.02. The van der Waals surface area contributed by atoms with Crippen LogP contribution in [0.3, 0.4) is 0 Å². The number of aryl methyl sites for hydroxylation is 2. The van der Waals surface area contributed by atoms with Crippen molar-refractivity contribution in [2.75, 3.05) is 0 Å². The van der Waals surface area contributed by atoms with Crippen LogP contribution in [0.15, 0.2) is 30.6 Å². The Morgan fingerprint density at radius 1 is 1.30 bits per heavy atom. The molecule has 0 amide bonds. The molecule has 0 aliphatic carbocycles. The number of carboxylic acid groups (broad SMARTS) is 1. The quantitative estimate of drug-likeness (QED) is 0.904. The van der Waals surface area contributed by atoms with Gasteiger partial charge in [-0.25, -0.2) is 14.8 Å². The Kier molecular flexibility index (Phi) is 4.30. The molecule has 1 heterocycles. The van der Waals surface area contributed by atoms with Gasteiger partial charge in [0.15, 0.2) is 0 Å². The molecule has 2 rings (SSSR count). The first-order chi connectivity index (χ1) is 9.60. The van der Waals surface area contributed by atoms with Crippen LogP contribution >= 0.6 is 0 Å². The van der Waals surface area contributed by atoms with Gasteiger partial charge in [0.1, 0.15) is 17.6 Å². The van der Waals surface area contributed by atoms with E-state index < -0.39 is 5.97 Å². The second-order valence-electron chi connectivity index (χ2n) is 4.50. The van der Waals surface area contributed by atoms with Gasteiger partial charge >= 0.3 is 5.97 Å². The summed E-state index contributed by atoms with van der Waals surface area (Å²) in [5.41, 5.74) is 1.87. The molecular formula is C15H16N2O3. The third-order valence-corrected chi connectivity index (χ3v) is 2.78. The van der Waals surface area contributed by atoms with Gasteiger partial charge in [-0.15, -0.1) is 0 Å². The number of aromatic nitrogens is 2. The summed E-state index contributed by atoms with van der Waals surface area (Å²) in [6.45, 7) is 3.89. The first kappa shape index (κ1) is 14.0. The maximum absolute atomic E-state index is 11.2. The number of hydrogen-bond acceptors (Lipinski definition) is 4. The van der Waals surface area contributed by atoms with E-state index >= 15 is 0 Å². The minimum absolute atomic E-state index is 0.126. The van der Waals surface area contributed by atoms with Crippen molar-refractivity contribution in [1.82, 2.24) is 9.97 Å². The SMILES string of the molecule is CCCc1cc(Oc2ccc(C)cc2C(=O)O)ncn1. The maximum Gasteiger partial charge on any atom is 0.339 e. The number of nitrogens with zero attached hydrogens (tertiary/aromatic N) is 2. The molecule has 5 heteroatoms. The van der Waals surface area contributed by atoms with E-state index in [9.17, 15) is 9.90 Å². The number of rotatable bonds is 5. The van der Waals surface area contributed by atoms with Crippen LogP contribution in [0, 0.1) is 6.92 Å². The van der Waals surface area contributed by atoms with Gasteiger partial charge in [-0.1, -0.05) is 25.0 Å². The summed E-state index contributed by atoms with van der Waals surface area (Å²) in [7, 11) is 0. The van der Waals surface area contributed by atoms with Gasteiger partial charge < -0.3 is 9.84 Å². The van der Waals surface area contributed by atoms with Crippen molar-refractivity contribution in [3.05, 3.63) is 47.4 Å². The minimum Gasteiger partial charge on any atom is -0.478 e. The first-order valence-electron chi connectivity index (χ1n) is 6.43. The number of carboxylic acids is 1. The van der Waals surface area contributed by atoms with Crippen molar-refractivity contribution >= 4 is 5.97 Å². The second-order valence-corrected chi connectivity index (χ2v) is 4.50. The predicted octanol–water partition coefficient (Wildman–Crippen LogP) is 3.23. The second kappa shape index (κ2) is 6.14. The lowest BCUT2D eigenvalue weighted by molar-refractivity contribution is 0.0694. The van der Waals surface area contributed by atoms with Crippen LogP contribution in [-0.4, -0.2) is 21.0 Å². The van der Waals surface area contributed by atoms with E-state index in [0.717, 1.165) is 24.1 Å². The third-order valence-electron chi connectivity index (χ3n) is 2.78. The van der Waals surface area contributed by atoms with Gasteiger partial charge in [-0.2, -0.15) is 0 Å². The molecule has 0 saturated carbocycles. The van der Waals surface area contributed by atoms with Crippen LogP contribution in [0.2, 0.25) is 0 Å². The van der Waals surface area contributed by atoms with E-state index in [0.29, 0.717) is 5.88 Å². The number of ether oxygens (including phenoxy) is 1. The zero-order chi connectivity index (χ0) is 14.5. The highest BCUT2D eigenvalue weighted by atomic mass is 16.5. The van der Waals surface area contributed by atoms with Crippen LogP contribution in [0.5, 0.6) is 11.6 Å². The standard InChI is InChI=1S/C15H16N2O3/c1-3-4-11-8-14(17-9-16-11)20-13-6-5-10(2)7-12(13)15(18)19/h5-9H,3-4H2,1-2H3,(H,18,19). The fraction of sp³-hybridized carbons (Fsp3) is 0.267. The van der Waals surface area contributed by atoms with Gasteiger partial charge in [-0.3, -0.25) is 0 Å². The average molecular weight is 272 g/mol. The van der Waals surface area contributed by atoms with Crippen LogP contribution in [0.1, 0.15) is 35.0 Å². The Labute approximate surface area is 117 Å². The molecule has 1 aromatic heterocycles. The molecule has 0 atom stereocenters. The highest BCUT2D eigenvalue weighted by molar-refractivity contribution is 5.91. The Balaban J connectivity index is 2.30. The molecule has 2 aromatic rings. The molecule has 0 saturated heterocycles. The zero-order valence-corrected chi connectivity index (χ0v) is 11.5. The normalized spacial score (nSPS) is 10.3. The molecule has 0 aliphatic rings. The summed E-state index contributed by atoms with van der Waals surface area (Å²) >= 11 is 0. The lowest BCUT2D eigenvalue weighted by Crippen LogP contribution is -2.02. The summed E-state index contributed by atoms with van der Waals surface area (Å²) < 4.78 is 5.58. The topological polar surface area (TPSA) is 72.3 Å². The van der Waals surface area contributed by atoms with E-state index in [4.69, 9.17) is 4.74 Å². The first-order valence-corrected chi connectivity index (χ1v) is 6.43. The number of aromatic carboxylic acids is 1. The largest absolute Gasteiger partial charge is 0.478 e. The Bertz CT molecular complexity index is 626. The van der Waals surface area contributed by atoms with Crippen LogP contribution in [0.25, 0.3) is 0 Å². The molecule has 104 valence electrons. The number of benzene rings is 1. The summed E-state index contributed by atoms with van der Waals surface area (Å²) in [5.74, 6) is -0.384.